The molecule has 3 saturated carbocycles. The van der Waals surface area contributed by atoms with E-state index in [4.69, 9.17) is 9.47 Å². The second kappa shape index (κ2) is 11.1. The van der Waals surface area contributed by atoms with Crippen LogP contribution in [0.4, 0.5) is 4.79 Å². The number of ketones is 1. The Kier molecular flexibility index (Phi) is 8.02. The van der Waals surface area contributed by atoms with Gasteiger partial charge in [0.2, 0.25) is 0 Å². The number of aliphatic hydroxyl groups excluding tert-OH is 2. The number of esters is 1. The predicted molar refractivity (Wildman–Crippen MR) is 157 cm³/mol. The Morgan fingerprint density at radius 1 is 1.23 bits per heavy atom. The van der Waals surface area contributed by atoms with Crippen LogP contribution >= 0.6 is 0 Å². The lowest BCUT2D eigenvalue weighted by Crippen LogP contribution is -2.63. The van der Waals surface area contributed by atoms with Crippen LogP contribution in [0.25, 0.3) is 0 Å². The molecular formula is C31H41BN2O9. The highest BCUT2D eigenvalue weighted by Crippen LogP contribution is 2.68. The Morgan fingerprint density at radius 2 is 1.95 bits per heavy atom. The average molecular weight is 596 g/mol. The van der Waals surface area contributed by atoms with Crippen LogP contribution in [-0.2, 0) is 19.1 Å². The van der Waals surface area contributed by atoms with Crippen LogP contribution in [0.2, 0.25) is 0 Å². The minimum Gasteiger partial charge on any atom is -0.482 e. The van der Waals surface area contributed by atoms with E-state index in [1.54, 1.807) is 18.2 Å². The van der Waals surface area contributed by atoms with Gasteiger partial charge in [-0.25, -0.2) is 14.5 Å². The first-order valence-electron chi connectivity index (χ1n) is 14.8. The van der Waals surface area contributed by atoms with Crippen LogP contribution in [0, 0.1) is 34.0 Å². The Balaban J connectivity index is 1.41. The third-order valence-electron chi connectivity index (χ3n) is 11.2. The molecule has 9 atom stereocenters. The highest BCUT2D eigenvalue weighted by atomic mass is 16.6. The smallest absolute Gasteiger partial charge is 0.478 e. The first-order chi connectivity index (χ1) is 20.2. The molecule has 12 heteroatoms. The Morgan fingerprint density at radius 3 is 2.63 bits per heavy atom. The van der Waals surface area contributed by atoms with Crippen LogP contribution in [0.15, 0.2) is 36.0 Å². The van der Waals surface area contributed by atoms with Crippen molar-refractivity contribution < 1.29 is 43.8 Å². The van der Waals surface area contributed by atoms with Crippen LogP contribution in [0.1, 0.15) is 58.9 Å². The van der Waals surface area contributed by atoms with Gasteiger partial charge in [-0.05, 0) is 66.1 Å². The zero-order valence-electron chi connectivity index (χ0n) is 25.4. The second-order valence-corrected chi connectivity index (χ2v) is 13.2. The summed E-state index contributed by atoms with van der Waals surface area (Å²) in [5.41, 5.74) is -1.34. The topological polar surface area (TPSA) is 155 Å². The molecule has 5 rings (SSSR count). The number of hydrogen-bond acceptors (Lipinski definition) is 10. The lowest BCUT2D eigenvalue weighted by Gasteiger charge is -2.61. The molecule has 11 nitrogen and oxygen atoms in total. The van der Waals surface area contributed by atoms with Crippen molar-refractivity contribution >= 4 is 36.6 Å². The van der Waals surface area contributed by atoms with Gasteiger partial charge >= 0.3 is 19.1 Å². The number of carbonyl (C=O) groups excluding carboxylic acids is 3. The van der Waals surface area contributed by atoms with E-state index < -0.39 is 66.2 Å². The number of fused-ring (bicyclic) bond motifs is 1. The number of rotatable bonds is 5. The van der Waals surface area contributed by atoms with Crippen molar-refractivity contribution in [2.75, 3.05) is 13.7 Å². The van der Waals surface area contributed by atoms with Crippen LogP contribution < -0.4 is 10.2 Å². The van der Waals surface area contributed by atoms with Crippen molar-refractivity contribution in [1.29, 1.82) is 0 Å². The maximum Gasteiger partial charge on any atom is 0.478 e. The van der Waals surface area contributed by atoms with Crippen LogP contribution in [0.3, 0.4) is 0 Å². The molecule has 3 N–H and O–H groups in total. The number of carbonyl (C=O) groups is 3. The molecule has 43 heavy (non-hydrogen) atoms. The number of benzene rings is 1. The predicted octanol–water partition coefficient (Wildman–Crippen LogP) is 2.05. The lowest BCUT2D eigenvalue weighted by molar-refractivity contribution is -0.207. The Hall–Kier alpha value is -3.22. The largest absolute Gasteiger partial charge is 0.482 e. The zero-order chi connectivity index (χ0) is 31.5. The highest BCUT2D eigenvalue weighted by molar-refractivity contribution is 6.67. The minimum atomic E-state index is -1.41. The number of ether oxygens (including phenoxy) is 3. The van der Waals surface area contributed by atoms with Crippen molar-refractivity contribution in [3.63, 3.8) is 0 Å². The van der Waals surface area contributed by atoms with Crippen molar-refractivity contribution in [1.82, 2.24) is 4.92 Å². The molecule has 1 heterocycles. The van der Waals surface area contributed by atoms with Crippen LogP contribution in [0.5, 0.6) is 5.75 Å². The van der Waals surface area contributed by atoms with Gasteiger partial charge in [0.1, 0.15) is 18.0 Å². The number of hydrazone groups is 1. The van der Waals surface area contributed by atoms with Gasteiger partial charge in [-0.3, -0.25) is 4.79 Å². The number of aliphatic hydroxyl groups is 2. The molecule has 0 aromatic heterocycles. The van der Waals surface area contributed by atoms with Crippen molar-refractivity contribution in [2.24, 2.45) is 39.1 Å². The molecule has 3 fully saturated rings. The van der Waals surface area contributed by atoms with Gasteiger partial charge in [-0.15, -0.1) is 6.58 Å². The third kappa shape index (κ3) is 4.78. The summed E-state index contributed by atoms with van der Waals surface area (Å²) in [4.78, 5) is 39.8. The van der Waals surface area contributed by atoms with Crippen LogP contribution in [-0.4, -0.2) is 83.3 Å². The normalized spacial score (nSPS) is 38.4. The lowest BCUT2D eigenvalue weighted by atomic mass is 9.44. The zero-order valence-corrected chi connectivity index (χ0v) is 25.4. The summed E-state index contributed by atoms with van der Waals surface area (Å²) in [6.07, 6.45) is 1.50. The molecule has 0 spiro atoms. The minimum absolute atomic E-state index is 0.00310. The van der Waals surface area contributed by atoms with Crippen molar-refractivity contribution in [2.45, 2.75) is 71.7 Å². The molecule has 0 unspecified atom stereocenters. The summed E-state index contributed by atoms with van der Waals surface area (Å²) in [5, 5.41) is 37.1. The molecule has 0 radical (unpaired) electrons. The molecule has 1 aromatic carbocycles. The van der Waals surface area contributed by atoms with Gasteiger partial charge in [0.25, 0.3) is 0 Å². The van der Waals surface area contributed by atoms with E-state index in [-0.39, 0.29) is 36.2 Å². The van der Waals surface area contributed by atoms with E-state index >= 15 is 0 Å². The van der Waals surface area contributed by atoms with E-state index in [1.807, 2.05) is 20.8 Å². The third-order valence-corrected chi connectivity index (χ3v) is 11.2. The monoisotopic (exact) mass is 596 g/mol. The van der Waals surface area contributed by atoms with E-state index in [9.17, 15) is 29.6 Å². The summed E-state index contributed by atoms with van der Waals surface area (Å²) >= 11 is 0. The summed E-state index contributed by atoms with van der Waals surface area (Å²) in [6, 6.07) is 4.76. The maximum absolute atomic E-state index is 13.6. The highest BCUT2D eigenvalue weighted by Gasteiger charge is 2.70. The fraction of sp³-hybridized carbons (Fsp3) is 0.613. The molecule has 1 amide bonds. The van der Waals surface area contributed by atoms with Gasteiger partial charge in [-0.1, -0.05) is 39.8 Å². The summed E-state index contributed by atoms with van der Waals surface area (Å²) < 4.78 is 16.6. The fourth-order valence-electron chi connectivity index (χ4n) is 8.36. The number of methoxy groups -OCH3 is 1. The number of nitrogens with zero attached hydrogens (tertiary/aromatic N) is 2. The van der Waals surface area contributed by atoms with E-state index in [0.717, 1.165) is 11.3 Å². The maximum atomic E-state index is 13.6. The fourth-order valence-corrected chi connectivity index (χ4v) is 8.36. The van der Waals surface area contributed by atoms with Gasteiger partial charge in [0.05, 0.1) is 19.4 Å². The number of amides is 1. The summed E-state index contributed by atoms with van der Waals surface area (Å²) in [7, 11) is -0.227. The molecule has 1 aromatic rings. The average Bonchev–Trinajstić information content (AvgIpc) is 3.27. The Bertz CT molecular complexity index is 1350. The molecular weight excluding hydrogens is 555 g/mol. The second-order valence-electron chi connectivity index (χ2n) is 13.2. The Labute approximate surface area is 252 Å². The summed E-state index contributed by atoms with van der Waals surface area (Å²) in [6.45, 7) is 11.5. The summed E-state index contributed by atoms with van der Waals surface area (Å²) in [5.74, 6) is -1.52. The van der Waals surface area contributed by atoms with E-state index in [2.05, 4.69) is 23.3 Å². The molecule has 1 aliphatic heterocycles. The number of Topliss-reactive ketones (excluding diaryl/α,β-unsaturated/α-hetero) is 1. The molecule has 4 aliphatic rings. The molecule has 0 saturated heterocycles. The number of hydrogen-bond donors (Lipinski definition) is 3. The first kappa shape index (κ1) is 31.2. The van der Waals surface area contributed by atoms with Gasteiger partial charge in [0, 0.05) is 16.7 Å². The van der Waals surface area contributed by atoms with E-state index in [0.29, 0.717) is 17.4 Å². The first-order valence-corrected chi connectivity index (χ1v) is 14.8. The van der Waals surface area contributed by atoms with Crippen molar-refractivity contribution in [3.05, 3.63) is 36.4 Å². The molecule has 232 valence electrons. The molecule has 3 aliphatic carbocycles. The standard InChI is InChI=1S/C31H41BN2O9/c1-7-29(4)14-23(30(5)17(2)10-11-31(18(3)27(29)38)13-22(35)25(37)26(30)31)43-24(36)16-42-20-9-8-19-15-33-34(28(39)41-6)32(40)21(19)12-20/h7-9,12,15,17-18,22-23,26-27,35,38,40H,1,10-11,13-14,16H2,2-6H3/t17-,18-,22-,23+,26-,27-,29+,30-,31-/m0/s1. The van der Waals surface area contributed by atoms with Crippen molar-refractivity contribution in [3.8, 4) is 5.75 Å². The van der Waals surface area contributed by atoms with Gasteiger partial charge < -0.3 is 29.4 Å². The van der Waals surface area contributed by atoms with E-state index in [1.165, 1.54) is 19.4 Å². The van der Waals surface area contributed by atoms with Gasteiger partial charge in [-0.2, -0.15) is 5.10 Å². The quantitative estimate of drug-likeness (QED) is 0.263. The molecule has 2 bridgehead atoms. The SMILES string of the molecule is C=C[C@]1(C)C[C@@H](OC(=O)COc2ccc3c(c2)B(O)N(C(=O)OC)N=C3)[C@@]2(C)[C@@H]3C(=O)[C@@H](O)C[C@@]3(CC[C@@H]2C)[C@@H](C)[C@@H]1O. The van der Waals surface area contributed by atoms with Gasteiger partial charge in [0.15, 0.2) is 12.4 Å².